The molecule has 1 saturated carbocycles. The molecular weight excluding hydrogens is 222 g/mol. The predicted octanol–water partition coefficient (Wildman–Crippen LogP) is 3.85. The third kappa shape index (κ3) is 2.50. The van der Waals surface area contributed by atoms with Crippen molar-refractivity contribution in [3.8, 4) is 0 Å². The fraction of sp³-hybridized carbons (Fsp3) is 0.733. The lowest BCUT2D eigenvalue weighted by atomic mass is 10.0. The Labute approximate surface area is 110 Å². The van der Waals surface area contributed by atoms with Crippen molar-refractivity contribution < 1.29 is 0 Å². The third-order valence-electron chi connectivity index (χ3n) is 4.03. The van der Waals surface area contributed by atoms with Crippen molar-refractivity contribution >= 4 is 5.82 Å². The molecule has 3 heteroatoms. The van der Waals surface area contributed by atoms with Crippen LogP contribution in [0.3, 0.4) is 0 Å². The minimum absolute atomic E-state index is 0.462. The lowest BCUT2D eigenvalue weighted by Gasteiger charge is -2.17. The van der Waals surface area contributed by atoms with Crippen molar-refractivity contribution in [2.75, 3.05) is 12.4 Å². The Morgan fingerprint density at radius 2 is 1.94 bits per heavy atom. The summed E-state index contributed by atoms with van der Waals surface area (Å²) in [7, 11) is 1.95. The van der Waals surface area contributed by atoms with Gasteiger partial charge >= 0.3 is 0 Å². The summed E-state index contributed by atoms with van der Waals surface area (Å²) in [6, 6.07) is 0. The van der Waals surface area contributed by atoms with E-state index in [0.29, 0.717) is 11.8 Å². The molecule has 0 spiro atoms. The van der Waals surface area contributed by atoms with Crippen molar-refractivity contribution in [3.05, 3.63) is 17.1 Å². The second-order valence-electron chi connectivity index (χ2n) is 5.95. The molecule has 3 nitrogen and oxygen atoms in total. The first-order valence-corrected chi connectivity index (χ1v) is 7.09. The van der Waals surface area contributed by atoms with Crippen molar-refractivity contribution in [1.82, 2.24) is 9.97 Å². The standard InChI is InChI=1S/C15H25N3/c1-9(2)13-11(4)17-14(18-15(13)16-5)12-7-6-10(3)8-12/h9-10,12H,6-8H2,1-5H3,(H,16,17,18). The van der Waals surface area contributed by atoms with E-state index in [9.17, 15) is 0 Å². The van der Waals surface area contributed by atoms with E-state index in [1.54, 1.807) is 0 Å². The van der Waals surface area contributed by atoms with Crippen LogP contribution in [-0.2, 0) is 0 Å². The number of aryl methyl sites for hydroxylation is 1. The average Bonchev–Trinajstić information content (AvgIpc) is 2.74. The zero-order chi connectivity index (χ0) is 13.3. The zero-order valence-electron chi connectivity index (χ0n) is 12.2. The summed E-state index contributed by atoms with van der Waals surface area (Å²) < 4.78 is 0. The summed E-state index contributed by atoms with van der Waals surface area (Å²) in [6.45, 7) is 8.84. The Balaban J connectivity index is 2.36. The molecule has 1 aromatic rings. The first-order valence-electron chi connectivity index (χ1n) is 7.09. The monoisotopic (exact) mass is 247 g/mol. The first kappa shape index (κ1) is 13.3. The average molecular weight is 247 g/mol. The molecule has 1 aromatic heterocycles. The highest BCUT2D eigenvalue weighted by atomic mass is 15.0. The number of hydrogen-bond donors (Lipinski definition) is 1. The summed E-state index contributed by atoms with van der Waals surface area (Å²) in [5.74, 6) is 3.91. The summed E-state index contributed by atoms with van der Waals surface area (Å²) in [6.07, 6.45) is 3.79. The predicted molar refractivity (Wildman–Crippen MR) is 76.2 cm³/mol. The maximum absolute atomic E-state index is 4.77. The molecule has 1 aliphatic rings. The normalized spacial score (nSPS) is 23.7. The van der Waals surface area contributed by atoms with Crippen molar-refractivity contribution in [1.29, 1.82) is 0 Å². The van der Waals surface area contributed by atoms with E-state index < -0.39 is 0 Å². The van der Waals surface area contributed by atoms with Crippen LogP contribution in [0.5, 0.6) is 0 Å². The fourth-order valence-corrected chi connectivity index (χ4v) is 3.11. The van der Waals surface area contributed by atoms with E-state index in [4.69, 9.17) is 9.97 Å². The summed E-state index contributed by atoms with van der Waals surface area (Å²) in [5.41, 5.74) is 2.39. The minimum atomic E-state index is 0.462. The highest BCUT2D eigenvalue weighted by Crippen LogP contribution is 2.37. The Morgan fingerprint density at radius 1 is 1.22 bits per heavy atom. The summed E-state index contributed by atoms with van der Waals surface area (Å²) >= 11 is 0. The number of hydrogen-bond acceptors (Lipinski definition) is 3. The molecule has 1 N–H and O–H groups in total. The first-order chi connectivity index (χ1) is 8.52. The van der Waals surface area contributed by atoms with Gasteiger partial charge in [0.2, 0.25) is 0 Å². The van der Waals surface area contributed by atoms with Crippen LogP contribution in [0.25, 0.3) is 0 Å². The van der Waals surface area contributed by atoms with Gasteiger partial charge in [-0.1, -0.05) is 20.8 Å². The van der Waals surface area contributed by atoms with Crippen LogP contribution in [0.2, 0.25) is 0 Å². The van der Waals surface area contributed by atoms with Gasteiger partial charge in [0.05, 0.1) is 0 Å². The molecule has 0 aromatic carbocycles. The minimum Gasteiger partial charge on any atom is -0.373 e. The molecule has 0 bridgehead atoms. The van der Waals surface area contributed by atoms with E-state index >= 15 is 0 Å². The molecule has 2 unspecified atom stereocenters. The number of nitrogens with one attached hydrogen (secondary N) is 1. The highest BCUT2D eigenvalue weighted by Gasteiger charge is 2.26. The molecule has 0 aliphatic heterocycles. The maximum Gasteiger partial charge on any atom is 0.134 e. The molecule has 0 saturated heterocycles. The van der Waals surface area contributed by atoms with E-state index in [1.807, 2.05) is 7.05 Å². The molecule has 18 heavy (non-hydrogen) atoms. The molecule has 1 aliphatic carbocycles. The van der Waals surface area contributed by atoms with E-state index in [1.165, 1.54) is 24.8 Å². The lowest BCUT2D eigenvalue weighted by Crippen LogP contribution is -2.11. The van der Waals surface area contributed by atoms with Crippen LogP contribution in [0.4, 0.5) is 5.82 Å². The van der Waals surface area contributed by atoms with Crippen LogP contribution < -0.4 is 5.32 Å². The maximum atomic E-state index is 4.77. The van der Waals surface area contributed by atoms with E-state index in [0.717, 1.165) is 23.3 Å². The molecule has 1 fully saturated rings. The molecule has 1 heterocycles. The third-order valence-corrected chi connectivity index (χ3v) is 4.03. The molecule has 0 amide bonds. The second kappa shape index (κ2) is 5.25. The Morgan fingerprint density at radius 3 is 2.44 bits per heavy atom. The van der Waals surface area contributed by atoms with Crippen LogP contribution in [0.15, 0.2) is 0 Å². The van der Waals surface area contributed by atoms with Gasteiger partial charge in [0.1, 0.15) is 11.6 Å². The Bertz CT molecular complexity index is 426. The summed E-state index contributed by atoms with van der Waals surface area (Å²) in [5, 5.41) is 3.24. The lowest BCUT2D eigenvalue weighted by molar-refractivity contribution is 0.583. The van der Waals surface area contributed by atoms with Gasteiger partial charge < -0.3 is 5.32 Å². The zero-order valence-corrected chi connectivity index (χ0v) is 12.2. The van der Waals surface area contributed by atoms with Crippen LogP contribution in [-0.4, -0.2) is 17.0 Å². The van der Waals surface area contributed by atoms with E-state index in [-0.39, 0.29) is 0 Å². The van der Waals surface area contributed by atoms with Gasteiger partial charge in [-0.15, -0.1) is 0 Å². The quantitative estimate of drug-likeness (QED) is 0.881. The van der Waals surface area contributed by atoms with Gasteiger partial charge in [-0.05, 0) is 38.0 Å². The largest absolute Gasteiger partial charge is 0.373 e. The Kier molecular flexibility index (Phi) is 3.88. The molecule has 100 valence electrons. The molecular formula is C15H25N3. The van der Waals surface area contributed by atoms with Crippen molar-refractivity contribution in [3.63, 3.8) is 0 Å². The van der Waals surface area contributed by atoms with Gasteiger partial charge in [-0.2, -0.15) is 0 Å². The van der Waals surface area contributed by atoms with Crippen LogP contribution in [0, 0.1) is 12.8 Å². The highest BCUT2D eigenvalue weighted by molar-refractivity contribution is 5.48. The molecule has 2 atom stereocenters. The summed E-state index contributed by atoms with van der Waals surface area (Å²) in [4.78, 5) is 9.54. The SMILES string of the molecule is CNc1nc(C2CCC(C)C2)nc(C)c1C(C)C. The fourth-order valence-electron chi connectivity index (χ4n) is 3.11. The second-order valence-corrected chi connectivity index (χ2v) is 5.95. The van der Waals surface area contributed by atoms with Gasteiger partial charge in [0, 0.05) is 24.2 Å². The smallest absolute Gasteiger partial charge is 0.134 e. The number of nitrogens with zero attached hydrogens (tertiary/aromatic N) is 2. The van der Waals surface area contributed by atoms with Gasteiger partial charge in [-0.25, -0.2) is 9.97 Å². The van der Waals surface area contributed by atoms with Crippen molar-refractivity contribution in [2.45, 2.75) is 58.8 Å². The topological polar surface area (TPSA) is 37.8 Å². The van der Waals surface area contributed by atoms with E-state index in [2.05, 4.69) is 33.0 Å². The molecule has 2 rings (SSSR count). The van der Waals surface area contributed by atoms with Gasteiger partial charge in [0.25, 0.3) is 0 Å². The van der Waals surface area contributed by atoms with Crippen molar-refractivity contribution in [2.24, 2.45) is 5.92 Å². The van der Waals surface area contributed by atoms with Gasteiger partial charge in [-0.3, -0.25) is 0 Å². The van der Waals surface area contributed by atoms with Crippen LogP contribution >= 0.6 is 0 Å². The van der Waals surface area contributed by atoms with Crippen LogP contribution in [0.1, 0.15) is 69.0 Å². The number of anilines is 1. The van der Waals surface area contributed by atoms with Gasteiger partial charge in [0.15, 0.2) is 0 Å². The molecule has 0 radical (unpaired) electrons. The number of rotatable bonds is 3. The Hall–Kier alpha value is -1.12. The number of aromatic nitrogens is 2.